The molecule has 8 heteroatoms. The van der Waals surface area contributed by atoms with Gasteiger partial charge in [-0.05, 0) is 19.1 Å². The lowest BCUT2D eigenvalue weighted by Crippen LogP contribution is -2.42. The van der Waals surface area contributed by atoms with Crippen LogP contribution < -0.4 is 16.4 Å². The van der Waals surface area contributed by atoms with Gasteiger partial charge in [-0.1, -0.05) is 6.07 Å². The quantitative estimate of drug-likeness (QED) is 0.696. The zero-order chi connectivity index (χ0) is 14.4. The average Bonchev–Trinajstić information content (AvgIpc) is 2.34. The van der Waals surface area contributed by atoms with E-state index in [1.807, 2.05) is 0 Å². The smallest absolute Gasteiger partial charge is 0.257 e. The molecule has 0 saturated heterocycles. The van der Waals surface area contributed by atoms with E-state index in [4.69, 9.17) is 5.73 Å². The van der Waals surface area contributed by atoms with Gasteiger partial charge in [0.1, 0.15) is 17.2 Å². The Hall–Kier alpha value is -1.73. The number of hydrogen-bond acceptors (Lipinski definition) is 3. The minimum Gasteiger partial charge on any atom is -0.353 e. The van der Waals surface area contributed by atoms with Crippen molar-refractivity contribution in [2.45, 2.75) is 13.0 Å². The second kappa shape index (κ2) is 8.44. The van der Waals surface area contributed by atoms with Crippen LogP contribution in [0.25, 0.3) is 0 Å². The summed E-state index contributed by atoms with van der Waals surface area (Å²) < 4.78 is 26.5. The summed E-state index contributed by atoms with van der Waals surface area (Å²) in [5.41, 5.74) is 4.67. The first-order chi connectivity index (χ1) is 8.93. The Morgan fingerprint density at radius 1 is 1.20 bits per heavy atom. The molecule has 0 aliphatic rings. The SMILES string of the molecule is C[C@H](N)C(=O)NCCNC(=O)c1c(F)cccc1F.Cl. The van der Waals surface area contributed by atoms with Gasteiger partial charge in [-0.25, -0.2) is 8.78 Å². The van der Waals surface area contributed by atoms with Crippen LogP contribution in [0.5, 0.6) is 0 Å². The van der Waals surface area contributed by atoms with Crippen molar-refractivity contribution >= 4 is 24.2 Å². The highest BCUT2D eigenvalue weighted by Gasteiger charge is 2.16. The number of carbonyl (C=O) groups excluding carboxylic acids is 2. The van der Waals surface area contributed by atoms with Crippen molar-refractivity contribution in [1.82, 2.24) is 10.6 Å². The Labute approximate surface area is 121 Å². The van der Waals surface area contributed by atoms with Crippen LogP contribution in [-0.2, 0) is 4.79 Å². The van der Waals surface area contributed by atoms with Crippen LogP contribution in [0, 0.1) is 11.6 Å². The summed E-state index contributed by atoms with van der Waals surface area (Å²) in [7, 11) is 0. The monoisotopic (exact) mass is 307 g/mol. The van der Waals surface area contributed by atoms with E-state index in [1.54, 1.807) is 0 Å². The van der Waals surface area contributed by atoms with Crippen molar-refractivity contribution in [2.75, 3.05) is 13.1 Å². The Balaban J connectivity index is 0.00000361. The molecule has 2 amide bonds. The third-order valence-electron chi connectivity index (χ3n) is 2.31. The maximum absolute atomic E-state index is 13.3. The first kappa shape index (κ1) is 18.3. The van der Waals surface area contributed by atoms with Crippen molar-refractivity contribution in [2.24, 2.45) is 5.73 Å². The van der Waals surface area contributed by atoms with Gasteiger partial charge in [-0.2, -0.15) is 0 Å². The van der Waals surface area contributed by atoms with Crippen molar-refractivity contribution in [3.63, 3.8) is 0 Å². The van der Waals surface area contributed by atoms with E-state index in [1.165, 1.54) is 13.0 Å². The van der Waals surface area contributed by atoms with Gasteiger partial charge in [-0.3, -0.25) is 9.59 Å². The molecular formula is C12H16ClF2N3O2. The minimum absolute atomic E-state index is 0. The number of halogens is 3. The molecule has 0 radical (unpaired) electrons. The summed E-state index contributed by atoms with van der Waals surface area (Å²) in [4.78, 5) is 22.6. The number of hydrogen-bond donors (Lipinski definition) is 3. The van der Waals surface area contributed by atoms with Gasteiger partial charge in [-0.15, -0.1) is 12.4 Å². The van der Waals surface area contributed by atoms with E-state index in [-0.39, 0.29) is 31.4 Å². The van der Waals surface area contributed by atoms with Crippen LogP contribution in [-0.4, -0.2) is 30.9 Å². The van der Waals surface area contributed by atoms with Crippen LogP contribution >= 0.6 is 12.4 Å². The van der Waals surface area contributed by atoms with Gasteiger partial charge in [0.2, 0.25) is 5.91 Å². The number of nitrogens with two attached hydrogens (primary N) is 1. The molecule has 0 bridgehead atoms. The molecule has 5 nitrogen and oxygen atoms in total. The lowest BCUT2D eigenvalue weighted by molar-refractivity contribution is -0.121. The highest BCUT2D eigenvalue weighted by Crippen LogP contribution is 2.11. The Kier molecular flexibility index (Phi) is 7.71. The maximum Gasteiger partial charge on any atom is 0.257 e. The highest BCUT2D eigenvalue weighted by atomic mass is 35.5. The van der Waals surface area contributed by atoms with E-state index in [9.17, 15) is 18.4 Å². The molecule has 0 aliphatic carbocycles. The molecule has 20 heavy (non-hydrogen) atoms. The molecule has 1 atom stereocenters. The third kappa shape index (κ3) is 5.10. The van der Waals surface area contributed by atoms with Crippen molar-refractivity contribution in [1.29, 1.82) is 0 Å². The standard InChI is InChI=1S/C12H15F2N3O2.ClH/c1-7(15)11(18)16-5-6-17-12(19)10-8(13)3-2-4-9(10)14;/h2-4,7H,5-6,15H2,1H3,(H,16,18)(H,17,19);1H/t7-;/m0./s1. The van der Waals surface area contributed by atoms with Gasteiger partial charge in [0, 0.05) is 13.1 Å². The van der Waals surface area contributed by atoms with E-state index < -0.39 is 29.1 Å². The van der Waals surface area contributed by atoms with Crippen LogP contribution in [0.3, 0.4) is 0 Å². The summed E-state index contributed by atoms with van der Waals surface area (Å²) >= 11 is 0. The third-order valence-corrected chi connectivity index (χ3v) is 2.31. The molecule has 0 heterocycles. The molecule has 0 unspecified atom stereocenters. The zero-order valence-corrected chi connectivity index (χ0v) is 11.6. The summed E-state index contributed by atoms with van der Waals surface area (Å²) in [6.45, 7) is 1.69. The Morgan fingerprint density at radius 2 is 1.70 bits per heavy atom. The minimum atomic E-state index is -0.933. The molecule has 4 N–H and O–H groups in total. The van der Waals surface area contributed by atoms with Gasteiger partial charge >= 0.3 is 0 Å². The lowest BCUT2D eigenvalue weighted by atomic mass is 10.2. The number of nitrogens with one attached hydrogen (secondary N) is 2. The molecular weight excluding hydrogens is 292 g/mol. The molecule has 1 aromatic rings. The summed E-state index contributed by atoms with van der Waals surface area (Å²) in [5.74, 6) is -3.11. The zero-order valence-electron chi connectivity index (χ0n) is 10.8. The molecule has 1 aromatic carbocycles. The van der Waals surface area contributed by atoms with E-state index in [0.717, 1.165) is 12.1 Å². The van der Waals surface area contributed by atoms with Crippen LogP contribution in [0.2, 0.25) is 0 Å². The first-order valence-corrected chi connectivity index (χ1v) is 5.69. The summed E-state index contributed by atoms with van der Waals surface area (Å²) in [6.07, 6.45) is 0. The molecule has 1 rings (SSSR count). The largest absolute Gasteiger partial charge is 0.353 e. The van der Waals surface area contributed by atoms with Gasteiger partial charge in [0.15, 0.2) is 0 Å². The van der Waals surface area contributed by atoms with Crippen molar-refractivity contribution in [3.8, 4) is 0 Å². The van der Waals surface area contributed by atoms with Crippen LogP contribution in [0.4, 0.5) is 8.78 Å². The number of carbonyl (C=O) groups is 2. The topological polar surface area (TPSA) is 84.2 Å². The average molecular weight is 308 g/mol. The molecule has 0 saturated carbocycles. The first-order valence-electron chi connectivity index (χ1n) is 5.69. The highest BCUT2D eigenvalue weighted by molar-refractivity contribution is 5.94. The number of rotatable bonds is 5. The second-order valence-corrected chi connectivity index (χ2v) is 3.93. The fraction of sp³-hybridized carbons (Fsp3) is 0.333. The van der Waals surface area contributed by atoms with Gasteiger partial charge < -0.3 is 16.4 Å². The predicted octanol–water partition coefficient (Wildman–Crippen LogP) is 0.580. The van der Waals surface area contributed by atoms with E-state index in [0.29, 0.717) is 0 Å². The Morgan fingerprint density at radius 3 is 2.20 bits per heavy atom. The number of amides is 2. The fourth-order valence-electron chi connectivity index (χ4n) is 1.33. The molecule has 112 valence electrons. The number of benzene rings is 1. The molecule has 0 spiro atoms. The fourth-order valence-corrected chi connectivity index (χ4v) is 1.33. The van der Waals surface area contributed by atoms with Crippen molar-refractivity contribution in [3.05, 3.63) is 35.4 Å². The normalized spacial score (nSPS) is 11.2. The van der Waals surface area contributed by atoms with Crippen LogP contribution in [0.1, 0.15) is 17.3 Å². The van der Waals surface area contributed by atoms with Gasteiger partial charge in [0.05, 0.1) is 6.04 Å². The predicted molar refractivity (Wildman–Crippen MR) is 72.6 cm³/mol. The molecule has 0 aliphatic heterocycles. The van der Waals surface area contributed by atoms with E-state index in [2.05, 4.69) is 10.6 Å². The molecule has 0 aromatic heterocycles. The van der Waals surface area contributed by atoms with Crippen molar-refractivity contribution < 1.29 is 18.4 Å². The lowest BCUT2D eigenvalue weighted by Gasteiger charge is -2.09. The van der Waals surface area contributed by atoms with Gasteiger partial charge in [0.25, 0.3) is 5.91 Å². The maximum atomic E-state index is 13.3. The second-order valence-electron chi connectivity index (χ2n) is 3.93. The molecule has 0 fully saturated rings. The van der Waals surface area contributed by atoms with E-state index >= 15 is 0 Å². The summed E-state index contributed by atoms with van der Waals surface area (Å²) in [5, 5.41) is 4.75. The summed E-state index contributed by atoms with van der Waals surface area (Å²) in [6, 6.07) is 2.51. The van der Waals surface area contributed by atoms with Crippen LogP contribution in [0.15, 0.2) is 18.2 Å². The Bertz CT molecular complexity index is 464.